The number of rotatable bonds is 4. The van der Waals surface area contributed by atoms with Crippen LogP contribution in [0.4, 0.5) is 14.5 Å². The molecule has 1 aliphatic heterocycles. The van der Waals surface area contributed by atoms with Crippen molar-refractivity contribution in [2.75, 3.05) is 12.0 Å². The molecule has 7 heteroatoms. The van der Waals surface area contributed by atoms with E-state index in [0.29, 0.717) is 11.3 Å². The maximum Gasteiger partial charge on any atom is 0.300 e. The molecule has 1 N–H and O–H groups in total. The number of hydrogen-bond acceptors (Lipinski definition) is 4. The van der Waals surface area contributed by atoms with Gasteiger partial charge in [-0.05, 0) is 55.7 Å². The molecule has 0 spiro atoms. The molecule has 1 fully saturated rings. The number of amides is 1. The summed E-state index contributed by atoms with van der Waals surface area (Å²) in [6.45, 7) is 5.44. The zero-order valence-corrected chi connectivity index (χ0v) is 19.1. The number of benzene rings is 3. The Morgan fingerprint density at radius 2 is 1.71 bits per heavy atom. The molecule has 0 radical (unpaired) electrons. The first-order valence-corrected chi connectivity index (χ1v) is 10.6. The van der Waals surface area contributed by atoms with Crippen molar-refractivity contribution in [3.8, 4) is 5.75 Å². The van der Waals surface area contributed by atoms with Gasteiger partial charge in [-0.15, -0.1) is 0 Å². The van der Waals surface area contributed by atoms with Crippen molar-refractivity contribution >= 4 is 23.1 Å². The van der Waals surface area contributed by atoms with Crippen LogP contribution in [0, 0.1) is 32.4 Å². The summed E-state index contributed by atoms with van der Waals surface area (Å²) < 4.78 is 34.3. The first-order chi connectivity index (χ1) is 16.1. The summed E-state index contributed by atoms with van der Waals surface area (Å²) in [4.78, 5) is 27.4. The molecular weight excluding hydrogens is 440 g/mol. The van der Waals surface area contributed by atoms with E-state index in [1.165, 1.54) is 7.11 Å². The third kappa shape index (κ3) is 3.83. The lowest BCUT2D eigenvalue weighted by Gasteiger charge is -2.26. The molecule has 3 aromatic rings. The lowest BCUT2D eigenvalue weighted by atomic mass is 9.93. The van der Waals surface area contributed by atoms with Crippen molar-refractivity contribution in [3.63, 3.8) is 0 Å². The zero-order valence-electron chi connectivity index (χ0n) is 19.1. The Kier molecular flexibility index (Phi) is 5.96. The number of ether oxygens (including phenoxy) is 1. The van der Waals surface area contributed by atoms with Crippen LogP contribution >= 0.6 is 0 Å². The average molecular weight is 463 g/mol. The molecule has 0 aromatic heterocycles. The third-order valence-electron chi connectivity index (χ3n) is 5.85. The summed E-state index contributed by atoms with van der Waals surface area (Å²) in [6.07, 6.45) is 0. The molecule has 1 saturated heterocycles. The van der Waals surface area contributed by atoms with Gasteiger partial charge in [0.1, 0.15) is 23.1 Å². The molecule has 0 bridgehead atoms. The van der Waals surface area contributed by atoms with Crippen LogP contribution in [0.15, 0.2) is 60.2 Å². The van der Waals surface area contributed by atoms with Gasteiger partial charge in [-0.1, -0.05) is 35.9 Å². The second-order valence-corrected chi connectivity index (χ2v) is 8.34. The smallest absolute Gasteiger partial charge is 0.300 e. The zero-order chi connectivity index (χ0) is 24.7. The van der Waals surface area contributed by atoms with Gasteiger partial charge in [0.25, 0.3) is 11.7 Å². The number of methoxy groups -OCH3 is 1. The van der Waals surface area contributed by atoms with Gasteiger partial charge in [-0.25, -0.2) is 8.78 Å². The molecule has 1 unspecified atom stereocenters. The van der Waals surface area contributed by atoms with E-state index in [-0.39, 0.29) is 16.8 Å². The minimum absolute atomic E-state index is 0.232. The van der Waals surface area contributed by atoms with Crippen LogP contribution in [0.25, 0.3) is 5.76 Å². The van der Waals surface area contributed by atoms with Crippen LogP contribution in [0.3, 0.4) is 0 Å². The second-order valence-electron chi connectivity index (χ2n) is 8.34. The molecule has 1 heterocycles. The van der Waals surface area contributed by atoms with Gasteiger partial charge in [0.15, 0.2) is 0 Å². The van der Waals surface area contributed by atoms with Crippen molar-refractivity contribution < 1.29 is 28.2 Å². The van der Waals surface area contributed by atoms with E-state index in [4.69, 9.17) is 4.74 Å². The number of aliphatic hydroxyl groups is 1. The van der Waals surface area contributed by atoms with Gasteiger partial charge in [0.05, 0.1) is 30.0 Å². The molecule has 174 valence electrons. The number of hydrogen-bond donors (Lipinski definition) is 1. The molecule has 34 heavy (non-hydrogen) atoms. The minimum Gasteiger partial charge on any atom is -0.507 e. The number of Topliss-reactive ketones (excluding diaryl/α,β-unsaturated/α-hetero) is 1. The van der Waals surface area contributed by atoms with Crippen LogP contribution in [-0.2, 0) is 9.59 Å². The molecule has 5 nitrogen and oxygen atoms in total. The van der Waals surface area contributed by atoms with Gasteiger partial charge in [-0.3, -0.25) is 14.5 Å². The summed E-state index contributed by atoms with van der Waals surface area (Å²) in [5, 5.41) is 11.4. The highest BCUT2D eigenvalue weighted by atomic mass is 19.1. The van der Waals surface area contributed by atoms with E-state index in [1.807, 2.05) is 26.0 Å². The van der Waals surface area contributed by atoms with E-state index in [2.05, 4.69) is 0 Å². The lowest BCUT2D eigenvalue weighted by molar-refractivity contribution is -0.132. The number of aliphatic hydroxyl groups excluding tert-OH is 1. The van der Waals surface area contributed by atoms with E-state index < -0.39 is 35.1 Å². The van der Waals surface area contributed by atoms with Crippen LogP contribution in [0.1, 0.15) is 33.9 Å². The highest BCUT2D eigenvalue weighted by molar-refractivity contribution is 6.51. The van der Waals surface area contributed by atoms with Crippen molar-refractivity contribution in [1.29, 1.82) is 0 Å². The standard InChI is InChI=1S/C27H23F2NO4/c1-14-6-5-7-17(11-14)23-22(24(31)19-12-15(2)10-16(3)26(19)34-4)25(32)27(33)30(23)21-13-18(28)8-9-20(21)29/h5-13,23,31H,1-4H3/b24-22+. The van der Waals surface area contributed by atoms with Gasteiger partial charge >= 0.3 is 0 Å². The predicted octanol–water partition coefficient (Wildman–Crippen LogP) is 5.52. The van der Waals surface area contributed by atoms with Gasteiger partial charge in [0.2, 0.25) is 0 Å². The van der Waals surface area contributed by atoms with Crippen molar-refractivity contribution in [1.82, 2.24) is 0 Å². The first-order valence-electron chi connectivity index (χ1n) is 10.6. The number of carbonyl (C=O) groups is 2. The average Bonchev–Trinajstić information content (AvgIpc) is 3.05. The van der Waals surface area contributed by atoms with Crippen molar-refractivity contribution in [2.24, 2.45) is 0 Å². The fraction of sp³-hybridized carbons (Fsp3) is 0.185. The SMILES string of the molecule is COc1c(C)cc(C)cc1/C(O)=C1\C(=O)C(=O)N(c2cc(F)ccc2F)C1c1cccc(C)c1. The Hall–Kier alpha value is -4.00. The van der Waals surface area contributed by atoms with E-state index in [0.717, 1.165) is 39.8 Å². The summed E-state index contributed by atoms with van der Waals surface area (Å²) in [6, 6.07) is 11.9. The normalized spacial score (nSPS) is 17.4. The number of aryl methyl sites for hydroxylation is 3. The van der Waals surface area contributed by atoms with Crippen LogP contribution in [0.5, 0.6) is 5.75 Å². The molecule has 3 aromatic carbocycles. The van der Waals surface area contributed by atoms with E-state index in [9.17, 15) is 23.5 Å². The number of ketones is 1. The molecule has 0 aliphatic carbocycles. The topological polar surface area (TPSA) is 66.8 Å². The molecule has 4 rings (SSSR count). The largest absolute Gasteiger partial charge is 0.507 e. The quantitative estimate of drug-likeness (QED) is 0.314. The summed E-state index contributed by atoms with van der Waals surface area (Å²) in [5.41, 5.74) is 2.43. The van der Waals surface area contributed by atoms with Gasteiger partial charge in [-0.2, -0.15) is 0 Å². The fourth-order valence-electron chi connectivity index (χ4n) is 4.45. The number of carbonyl (C=O) groups excluding carboxylic acids is 2. The monoisotopic (exact) mass is 463 g/mol. The molecule has 1 atom stereocenters. The Bertz CT molecular complexity index is 1360. The number of nitrogens with zero attached hydrogens (tertiary/aromatic N) is 1. The summed E-state index contributed by atoms with van der Waals surface area (Å²) in [5.74, 6) is -3.82. The van der Waals surface area contributed by atoms with Gasteiger partial charge < -0.3 is 9.84 Å². The molecular formula is C27H23F2NO4. The van der Waals surface area contributed by atoms with E-state index in [1.54, 1.807) is 31.2 Å². The minimum atomic E-state index is -1.18. The molecule has 1 aliphatic rings. The maximum absolute atomic E-state index is 14.8. The van der Waals surface area contributed by atoms with Crippen LogP contribution in [-0.4, -0.2) is 23.9 Å². The van der Waals surface area contributed by atoms with Crippen LogP contribution < -0.4 is 9.64 Å². The molecule has 1 amide bonds. The highest BCUT2D eigenvalue weighted by Crippen LogP contribution is 2.44. The Morgan fingerprint density at radius 1 is 0.971 bits per heavy atom. The second kappa shape index (κ2) is 8.74. The van der Waals surface area contributed by atoms with Crippen molar-refractivity contribution in [3.05, 3.63) is 99.6 Å². The Morgan fingerprint density at radius 3 is 2.38 bits per heavy atom. The van der Waals surface area contributed by atoms with Crippen LogP contribution in [0.2, 0.25) is 0 Å². The van der Waals surface area contributed by atoms with E-state index >= 15 is 0 Å². The van der Waals surface area contributed by atoms with Gasteiger partial charge in [0, 0.05) is 6.07 Å². The number of halogens is 2. The van der Waals surface area contributed by atoms with Crippen molar-refractivity contribution in [2.45, 2.75) is 26.8 Å². The maximum atomic E-state index is 14.8. The summed E-state index contributed by atoms with van der Waals surface area (Å²) in [7, 11) is 1.44. The third-order valence-corrected chi connectivity index (χ3v) is 5.85. The first kappa shape index (κ1) is 23.2. The Balaban J connectivity index is 2.05. The Labute approximate surface area is 195 Å². The fourth-order valence-corrected chi connectivity index (χ4v) is 4.45. The molecule has 0 saturated carbocycles. The lowest BCUT2D eigenvalue weighted by Crippen LogP contribution is -2.30. The summed E-state index contributed by atoms with van der Waals surface area (Å²) >= 11 is 0. The highest BCUT2D eigenvalue weighted by Gasteiger charge is 2.48. The number of anilines is 1. The predicted molar refractivity (Wildman–Crippen MR) is 125 cm³/mol.